The number of nitrogens with two attached hydrogens (primary N) is 1. The maximum absolute atomic E-state index is 11.8. The van der Waals surface area contributed by atoms with Crippen molar-refractivity contribution in [3.8, 4) is 0 Å². The maximum Gasteiger partial charge on any atom is 0.340 e. The van der Waals surface area contributed by atoms with E-state index in [0.29, 0.717) is 24.4 Å². The monoisotopic (exact) mass is 293 g/mol. The predicted molar refractivity (Wildman–Crippen MR) is 82.5 cm³/mol. The minimum Gasteiger partial charge on any atom is -0.462 e. The Morgan fingerprint density at radius 1 is 1.57 bits per heavy atom. The molecule has 0 spiro atoms. The van der Waals surface area contributed by atoms with Crippen molar-refractivity contribution >= 4 is 17.3 Å². The van der Waals surface area contributed by atoms with Crippen molar-refractivity contribution in [1.29, 1.82) is 0 Å². The molecule has 6 heteroatoms. The van der Waals surface area contributed by atoms with Crippen molar-refractivity contribution in [2.45, 2.75) is 13.0 Å². The number of carbonyl (C=O) groups excluding carboxylic acids is 1. The van der Waals surface area contributed by atoms with Gasteiger partial charge in [-0.3, -0.25) is 0 Å². The van der Waals surface area contributed by atoms with Crippen LogP contribution in [0.2, 0.25) is 0 Å². The molecule has 3 N–H and O–H groups in total. The molecule has 1 aliphatic rings. The Morgan fingerprint density at radius 2 is 2.38 bits per heavy atom. The Morgan fingerprint density at radius 3 is 3.10 bits per heavy atom. The third-order valence-corrected chi connectivity index (χ3v) is 3.46. The quantitative estimate of drug-likeness (QED) is 0.627. The van der Waals surface area contributed by atoms with Crippen LogP contribution in [0.3, 0.4) is 0 Å². The summed E-state index contributed by atoms with van der Waals surface area (Å²) in [7, 11) is 2.07. The highest BCUT2D eigenvalue weighted by molar-refractivity contribution is 5.98. The molecule has 1 saturated heterocycles. The number of ether oxygens (including phenoxy) is 2. The van der Waals surface area contributed by atoms with E-state index < -0.39 is 5.97 Å². The molecule has 1 fully saturated rings. The first kappa shape index (κ1) is 15.6. The van der Waals surface area contributed by atoms with Crippen molar-refractivity contribution in [1.82, 2.24) is 4.90 Å². The molecule has 1 atom stereocenters. The molecule has 0 bridgehead atoms. The van der Waals surface area contributed by atoms with Gasteiger partial charge in [-0.1, -0.05) is 6.07 Å². The molecule has 1 heterocycles. The molecule has 21 heavy (non-hydrogen) atoms. The average Bonchev–Trinajstić information content (AvgIpc) is 2.46. The van der Waals surface area contributed by atoms with Gasteiger partial charge in [0, 0.05) is 19.6 Å². The minimum absolute atomic E-state index is 0.120. The zero-order valence-electron chi connectivity index (χ0n) is 12.6. The van der Waals surface area contributed by atoms with Crippen LogP contribution in [-0.2, 0) is 9.47 Å². The number of nitrogens with zero attached hydrogens (tertiary/aromatic N) is 1. The van der Waals surface area contributed by atoms with E-state index in [0.717, 1.165) is 25.4 Å². The second-order valence-corrected chi connectivity index (χ2v) is 5.12. The summed E-state index contributed by atoms with van der Waals surface area (Å²) in [4.78, 5) is 14.0. The molecule has 1 aromatic carbocycles. The van der Waals surface area contributed by atoms with Gasteiger partial charge in [0.15, 0.2) is 0 Å². The molecular formula is C15H23N3O3. The Labute approximate surface area is 125 Å². The number of morpholine rings is 1. The molecule has 0 aliphatic carbocycles. The van der Waals surface area contributed by atoms with Crippen LogP contribution in [0.4, 0.5) is 11.4 Å². The Bertz CT molecular complexity index is 493. The number of hydrogen-bond acceptors (Lipinski definition) is 6. The van der Waals surface area contributed by atoms with Gasteiger partial charge < -0.3 is 25.4 Å². The lowest BCUT2D eigenvalue weighted by molar-refractivity contribution is -0.0117. The SMILES string of the molecule is CCOC(=O)c1cccc(NCC2CN(C)CCO2)c1N. The van der Waals surface area contributed by atoms with E-state index in [1.54, 1.807) is 19.1 Å². The Balaban J connectivity index is 2.00. The lowest BCUT2D eigenvalue weighted by atomic mass is 10.1. The maximum atomic E-state index is 11.8. The summed E-state index contributed by atoms with van der Waals surface area (Å²) >= 11 is 0. The van der Waals surface area contributed by atoms with Crippen LogP contribution >= 0.6 is 0 Å². The number of benzene rings is 1. The molecule has 6 nitrogen and oxygen atoms in total. The molecule has 0 amide bonds. The van der Waals surface area contributed by atoms with Gasteiger partial charge >= 0.3 is 5.97 Å². The summed E-state index contributed by atoms with van der Waals surface area (Å²) in [6.45, 7) is 5.33. The molecule has 0 saturated carbocycles. The summed E-state index contributed by atoms with van der Waals surface area (Å²) in [5.41, 5.74) is 7.59. The number of hydrogen-bond donors (Lipinski definition) is 2. The minimum atomic E-state index is -0.396. The molecule has 1 unspecified atom stereocenters. The van der Waals surface area contributed by atoms with Crippen LogP contribution in [0.25, 0.3) is 0 Å². The molecule has 0 aromatic heterocycles. The van der Waals surface area contributed by atoms with E-state index in [1.165, 1.54) is 0 Å². The Hall–Kier alpha value is -1.79. The number of para-hydroxylation sites is 1. The normalized spacial score (nSPS) is 19.2. The van der Waals surface area contributed by atoms with E-state index in [9.17, 15) is 4.79 Å². The lowest BCUT2D eigenvalue weighted by Gasteiger charge is -2.30. The highest BCUT2D eigenvalue weighted by Crippen LogP contribution is 2.23. The first-order valence-corrected chi connectivity index (χ1v) is 7.21. The van der Waals surface area contributed by atoms with Crippen molar-refractivity contribution < 1.29 is 14.3 Å². The number of rotatable bonds is 5. The fourth-order valence-electron chi connectivity index (χ4n) is 2.32. The highest BCUT2D eigenvalue weighted by atomic mass is 16.5. The van der Waals surface area contributed by atoms with Crippen LogP contribution in [0.1, 0.15) is 17.3 Å². The Kier molecular flexibility index (Phi) is 5.41. The fraction of sp³-hybridized carbons (Fsp3) is 0.533. The summed E-state index contributed by atoms with van der Waals surface area (Å²) < 4.78 is 10.7. The second kappa shape index (κ2) is 7.28. The number of carbonyl (C=O) groups is 1. The fourth-order valence-corrected chi connectivity index (χ4v) is 2.32. The topological polar surface area (TPSA) is 76.8 Å². The van der Waals surface area contributed by atoms with E-state index in [2.05, 4.69) is 17.3 Å². The van der Waals surface area contributed by atoms with Crippen LogP contribution in [0.5, 0.6) is 0 Å². The van der Waals surface area contributed by atoms with Gasteiger partial charge in [-0.2, -0.15) is 0 Å². The van der Waals surface area contributed by atoms with E-state index >= 15 is 0 Å². The summed E-state index contributed by atoms with van der Waals surface area (Å²) in [6, 6.07) is 5.31. The van der Waals surface area contributed by atoms with Gasteiger partial charge in [0.2, 0.25) is 0 Å². The number of likely N-dealkylation sites (N-methyl/N-ethyl adjacent to an activating group) is 1. The number of anilines is 2. The number of nitrogens with one attached hydrogen (secondary N) is 1. The van der Waals surface area contributed by atoms with E-state index in [4.69, 9.17) is 15.2 Å². The zero-order valence-corrected chi connectivity index (χ0v) is 12.6. The lowest BCUT2D eigenvalue weighted by Crippen LogP contribution is -2.43. The van der Waals surface area contributed by atoms with E-state index in [-0.39, 0.29) is 6.10 Å². The third kappa shape index (κ3) is 4.09. The van der Waals surface area contributed by atoms with Crippen molar-refractivity contribution in [3.63, 3.8) is 0 Å². The van der Waals surface area contributed by atoms with Gasteiger partial charge in [0.1, 0.15) is 0 Å². The molecule has 0 radical (unpaired) electrons. The molecular weight excluding hydrogens is 270 g/mol. The third-order valence-electron chi connectivity index (χ3n) is 3.46. The van der Waals surface area contributed by atoms with Gasteiger partial charge in [0.05, 0.1) is 36.3 Å². The smallest absolute Gasteiger partial charge is 0.340 e. The number of nitrogen functional groups attached to an aromatic ring is 1. The first-order valence-electron chi connectivity index (χ1n) is 7.21. The van der Waals surface area contributed by atoms with Crippen LogP contribution < -0.4 is 11.1 Å². The van der Waals surface area contributed by atoms with Crippen molar-refractivity contribution in [2.75, 3.05) is 50.9 Å². The van der Waals surface area contributed by atoms with E-state index in [1.807, 2.05) is 6.07 Å². The summed E-state index contributed by atoms with van der Waals surface area (Å²) in [5.74, 6) is -0.396. The molecule has 1 aliphatic heterocycles. The highest BCUT2D eigenvalue weighted by Gasteiger charge is 2.18. The standard InChI is InChI=1S/C15H23N3O3/c1-3-20-15(19)12-5-4-6-13(14(12)16)17-9-11-10-18(2)7-8-21-11/h4-6,11,17H,3,7-10,16H2,1-2H3. The predicted octanol–water partition coefficient (Wildman–Crippen LogP) is 1.19. The van der Waals surface area contributed by atoms with Crippen molar-refractivity contribution in [2.24, 2.45) is 0 Å². The average molecular weight is 293 g/mol. The van der Waals surface area contributed by atoms with Gasteiger partial charge in [-0.05, 0) is 26.1 Å². The zero-order chi connectivity index (χ0) is 15.2. The summed E-state index contributed by atoms with van der Waals surface area (Å²) in [5, 5.41) is 3.26. The summed E-state index contributed by atoms with van der Waals surface area (Å²) in [6.07, 6.45) is 0.120. The first-order chi connectivity index (χ1) is 10.1. The van der Waals surface area contributed by atoms with Gasteiger partial charge in [0.25, 0.3) is 0 Å². The van der Waals surface area contributed by atoms with Crippen LogP contribution in [0, 0.1) is 0 Å². The second-order valence-electron chi connectivity index (χ2n) is 5.12. The van der Waals surface area contributed by atoms with Gasteiger partial charge in [-0.25, -0.2) is 4.79 Å². The van der Waals surface area contributed by atoms with Crippen molar-refractivity contribution in [3.05, 3.63) is 23.8 Å². The molecule has 1 aromatic rings. The number of esters is 1. The molecule has 2 rings (SSSR count). The molecule has 116 valence electrons. The van der Waals surface area contributed by atoms with Crippen LogP contribution in [0.15, 0.2) is 18.2 Å². The largest absolute Gasteiger partial charge is 0.462 e. The van der Waals surface area contributed by atoms with Gasteiger partial charge in [-0.15, -0.1) is 0 Å². The van der Waals surface area contributed by atoms with Crippen LogP contribution in [-0.4, -0.2) is 56.9 Å².